The SMILES string of the molecule is Cc1nc2cc(NC(=O)C(C)n3nc(-n4cccn4)ccc3=O)ccc2s1. The Kier molecular flexibility index (Phi) is 4.28. The van der Waals surface area contributed by atoms with Crippen LogP contribution in [0.15, 0.2) is 53.6 Å². The number of benzene rings is 1. The quantitative estimate of drug-likeness (QED) is 0.587. The van der Waals surface area contributed by atoms with Gasteiger partial charge in [0.1, 0.15) is 6.04 Å². The fraction of sp³-hybridized carbons (Fsp3) is 0.167. The molecule has 1 unspecified atom stereocenters. The van der Waals surface area contributed by atoms with Gasteiger partial charge in [0.2, 0.25) is 5.91 Å². The average molecular weight is 380 g/mol. The van der Waals surface area contributed by atoms with Crippen LogP contribution < -0.4 is 10.9 Å². The summed E-state index contributed by atoms with van der Waals surface area (Å²) in [6, 6.07) is 9.46. The van der Waals surface area contributed by atoms with E-state index in [9.17, 15) is 9.59 Å². The van der Waals surface area contributed by atoms with Crippen molar-refractivity contribution >= 4 is 33.1 Å². The molecular weight excluding hydrogens is 364 g/mol. The molecule has 27 heavy (non-hydrogen) atoms. The van der Waals surface area contributed by atoms with Crippen molar-refractivity contribution in [1.82, 2.24) is 24.5 Å². The van der Waals surface area contributed by atoms with E-state index in [1.165, 1.54) is 10.7 Å². The summed E-state index contributed by atoms with van der Waals surface area (Å²) in [5, 5.41) is 12.1. The number of hydrogen-bond donors (Lipinski definition) is 1. The van der Waals surface area contributed by atoms with Gasteiger partial charge in [0.15, 0.2) is 5.82 Å². The molecule has 0 saturated heterocycles. The molecule has 0 aliphatic rings. The van der Waals surface area contributed by atoms with Crippen molar-refractivity contribution in [3.63, 3.8) is 0 Å². The first-order valence-electron chi connectivity index (χ1n) is 8.29. The van der Waals surface area contributed by atoms with Crippen LogP contribution in [0.1, 0.15) is 18.0 Å². The molecule has 136 valence electrons. The van der Waals surface area contributed by atoms with Gasteiger partial charge in [-0.15, -0.1) is 16.4 Å². The highest BCUT2D eigenvalue weighted by molar-refractivity contribution is 7.18. The fourth-order valence-electron chi connectivity index (χ4n) is 2.70. The first-order valence-corrected chi connectivity index (χ1v) is 9.11. The zero-order valence-electron chi connectivity index (χ0n) is 14.7. The van der Waals surface area contributed by atoms with E-state index in [0.29, 0.717) is 11.5 Å². The van der Waals surface area contributed by atoms with Crippen LogP contribution in [0.5, 0.6) is 0 Å². The van der Waals surface area contributed by atoms with Crippen LogP contribution in [0, 0.1) is 6.92 Å². The lowest BCUT2D eigenvalue weighted by molar-refractivity contribution is -0.119. The number of anilines is 1. The summed E-state index contributed by atoms with van der Waals surface area (Å²) >= 11 is 1.60. The van der Waals surface area contributed by atoms with Gasteiger partial charge < -0.3 is 5.32 Å². The molecule has 1 N–H and O–H groups in total. The third-order valence-electron chi connectivity index (χ3n) is 4.06. The highest BCUT2D eigenvalue weighted by Crippen LogP contribution is 2.24. The number of amides is 1. The number of carbonyl (C=O) groups is 1. The lowest BCUT2D eigenvalue weighted by Crippen LogP contribution is -2.33. The Morgan fingerprint density at radius 1 is 1.26 bits per heavy atom. The number of nitrogens with zero attached hydrogens (tertiary/aromatic N) is 5. The third-order valence-corrected chi connectivity index (χ3v) is 5.01. The Balaban J connectivity index is 1.59. The lowest BCUT2D eigenvalue weighted by atomic mass is 10.2. The van der Waals surface area contributed by atoms with E-state index in [1.54, 1.807) is 42.8 Å². The van der Waals surface area contributed by atoms with Crippen molar-refractivity contribution in [3.8, 4) is 5.82 Å². The molecule has 0 saturated carbocycles. The Morgan fingerprint density at radius 3 is 2.89 bits per heavy atom. The summed E-state index contributed by atoms with van der Waals surface area (Å²) in [4.78, 5) is 29.3. The number of carbonyl (C=O) groups excluding carboxylic acids is 1. The zero-order chi connectivity index (χ0) is 19.0. The second-order valence-corrected chi connectivity index (χ2v) is 7.24. The molecule has 1 atom stereocenters. The molecule has 4 aromatic rings. The number of aryl methyl sites for hydroxylation is 1. The predicted octanol–water partition coefficient (Wildman–Crippen LogP) is 2.55. The van der Waals surface area contributed by atoms with Gasteiger partial charge in [0.05, 0.1) is 15.2 Å². The van der Waals surface area contributed by atoms with E-state index in [-0.39, 0.29) is 11.5 Å². The summed E-state index contributed by atoms with van der Waals surface area (Å²) in [7, 11) is 0. The normalized spacial score (nSPS) is 12.2. The van der Waals surface area contributed by atoms with Crippen LogP contribution in [-0.2, 0) is 4.79 Å². The molecule has 0 spiro atoms. The van der Waals surface area contributed by atoms with Crippen LogP contribution >= 0.6 is 11.3 Å². The molecule has 0 fully saturated rings. The highest BCUT2D eigenvalue weighted by Gasteiger charge is 2.18. The average Bonchev–Trinajstić information content (AvgIpc) is 3.30. The van der Waals surface area contributed by atoms with Crippen molar-refractivity contribution in [2.24, 2.45) is 0 Å². The summed E-state index contributed by atoms with van der Waals surface area (Å²) in [6.07, 6.45) is 3.33. The Labute approximate surface area is 158 Å². The van der Waals surface area contributed by atoms with Gasteiger partial charge >= 0.3 is 0 Å². The second kappa shape index (κ2) is 6.76. The van der Waals surface area contributed by atoms with E-state index >= 15 is 0 Å². The van der Waals surface area contributed by atoms with Crippen LogP contribution in [-0.4, -0.2) is 30.5 Å². The number of fused-ring (bicyclic) bond motifs is 1. The maximum Gasteiger partial charge on any atom is 0.267 e. The Hall–Kier alpha value is -3.33. The smallest absolute Gasteiger partial charge is 0.267 e. The molecule has 0 aliphatic heterocycles. The summed E-state index contributed by atoms with van der Waals surface area (Å²) in [6.45, 7) is 3.57. The molecule has 3 heterocycles. The van der Waals surface area contributed by atoms with E-state index in [2.05, 4.69) is 20.5 Å². The van der Waals surface area contributed by atoms with Gasteiger partial charge in [-0.2, -0.15) is 5.10 Å². The van der Waals surface area contributed by atoms with Gasteiger partial charge in [-0.05, 0) is 44.2 Å². The molecule has 0 radical (unpaired) electrons. The molecular formula is C18H16N6O2S. The molecule has 4 rings (SSSR count). The van der Waals surface area contributed by atoms with Crippen molar-refractivity contribution in [3.05, 3.63) is 64.2 Å². The topological polar surface area (TPSA) is 94.7 Å². The monoisotopic (exact) mass is 380 g/mol. The van der Waals surface area contributed by atoms with Gasteiger partial charge in [0.25, 0.3) is 5.56 Å². The third kappa shape index (κ3) is 3.36. The highest BCUT2D eigenvalue weighted by atomic mass is 32.1. The number of aromatic nitrogens is 5. The van der Waals surface area contributed by atoms with Crippen molar-refractivity contribution in [2.45, 2.75) is 19.9 Å². The predicted molar refractivity (Wildman–Crippen MR) is 103 cm³/mol. The van der Waals surface area contributed by atoms with Crippen LogP contribution in [0.25, 0.3) is 16.0 Å². The minimum absolute atomic E-state index is 0.339. The van der Waals surface area contributed by atoms with Gasteiger partial charge in [-0.1, -0.05) is 0 Å². The van der Waals surface area contributed by atoms with Crippen molar-refractivity contribution in [2.75, 3.05) is 5.32 Å². The zero-order valence-corrected chi connectivity index (χ0v) is 15.5. The van der Waals surface area contributed by atoms with Crippen LogP contribution in [0.4, 0.5) is 5.69 Å². The summed E-state index contributed by atoms with van der Waals surface area (Å²) in [5.74, 6) is 0.118. The summed E-state index contributed by atoms with van der Waals surface area (Å²) < 4.78 is 3.74. The molecule has 3 aromatic heterocycles. The summed E-state index contributed by atoms with van der Waals surface area (Å²) in [5.41, 5.74) is 1.10. The molecule has 0 aliphatic carbocycles. The fourth-order valence-corrected chi connectivity index (χ4v) is 3.50. The molecule has 1 aromatic carbocycles. The van der Waals surface area contributed by atoms with Crippen LogP contribution in [0.3, 0.4) is 0 Å². The first-order chi connectivity index (χ1) is 13.0. The van der Waals surface area contributed by atoms with E-state index in [0.717, 1.165) is 19.9 Å². The van der Waals surface area contributed by atoms with E-state index in [4.69, 9.17) is 0 Å². The molecule has 0 bridgehead atoms. The lowest BCUT2D eigenvalue weighted by Gasteiger charge is -2.15. The maximum absolute atomic E-state index is 12.7. The molecule has 8 nitrogen and oxygen atoms in total. The first kappa shape index (κ1) is 17.1. The van der Waals surface area contributed by atoms with Gasteiger partial charge in [-0.25, -0.2) is 14.3 Å². The minimum Gasteiger partial charge on any atom is -0.324 e. The molecule has 1 amide bonds. The molecule has 9 heteroatoms. The van der Waals surface area contributed by atoms with Crippen LogP contribution in [0.2, 0.25) is 0 Å². The van der Waals surface area contributed by atoms with Gasteiger partial charge in [0, 0.05) is 24.1 Å². The number of thiazole rings is 1. The Morgan fingerprint density at radius 2 is 2.11 bits per heavy atom. The second-order valence-electron chi connectivity index (χ2n) is 6.01. The standard InChI is InChI=1S/C18H16N6O2S/c1-11(24-17(25)7-6-16(22-24)23-9-3-8-19-23)18(26)21-13-4-5-15-14(10-13)20-12(2)27-15/h3-11H,1-2H3,(H,21,26). The van der Waals surface area contributed by atoms with Gasteiger partial charge in [-0.3, -0.25) is 9.59 Å². The number of nitrogens with one attached hydrogen (secondary N) is 1. The maximum atomic E-state index is 12.7. The van der Waals surface area contributed by atoms with Crippen molar-refractivity contribution < 1.29 is 4.79 Å². The van der Waals surface area contributed by atoms with Crippen molar-refractivity contribution in [1.29, 1.82) is 0 Å². The number of rotatable bonds is 4. The number of hydrogen-bond acceptors (Lipinski definition) is 6. The Bertz CT molecular complexity index is 1180. The van der Waals surface area contributed by atoms with E-state index in [1.807, 2.05) is 25.1 Å². The minimum atomic E-state index is -0.791. The largest absolute Gasteiger partial charge is 0.324 e. The van der Waals surface area contributed by atoms with E-state index < -0.39 is 6.04 Å².